The Morgan fingerprint density at radius 3 is 2.60 bits per heavy atom. The summed E-state index contributed by atoms with van der Waals surface area (Å²) in [6.07, 6.45) is 10.9. The van der Waals surface area contributed by atoms with Crippen LogP contribution in [0.4, 0.5) is 0 Å². The summed E-state index contributed by atoms with van der Waals surface area (Å²) in [6, 6.07) is 0.783. The van der Waals surface area contributed by atoms with E-state index in [-0.39, 0.29) is 12.0 Å². The molecular formula is C17H30N2O. The molecule has 1 amide bonds. The van der Waals surface area contributed by atoms with E-state index in [9.17, 15) is 4.79 Å². The van der Waals surface area contributed by atoms with Crippen LogP contribution in [0.3, 0.4) is 0 Å². The Morgan fingerprint density at radius 2 is 1.80 bits per heavy atom. The second-order valence-electron chi connectivity index (χ2n) is 7.44. The van der Waals surface area contributed by atoms with Crippen LogP contribution in [0, 0.1) is 17.8 Å². The van der Waals surface area contributed by atoms with Crippen LogP contribution < -0.4 is 5.73 Å². The lowest BCUT2D eigenvalue weighted by Gasteiger charge is -2.46. The SMILES string of the molecule is CC1CCC(C(=O)N2CCC[C@H]3CCCC[C@H]32)CC1N. The van der Waals surface area contributed by atoms with Crippen LogP contribution >= 0.6 is 0 Å². The molecule has 3 rings (SSSR count). The van der Waals surface area contributed by atoms with E-state index in [1.54, 1.807) is 0 Å². The van der Waals surface area contributed by atoms with Crippen molar-refractivity contribution >= 4 is 5.91 Å². The van der Waals surface area contributed by atoms with Gasteiger partial charge in [-0.25, -0.2) is 0 Å². The minimum Gasteiger partial charge on any atom is -0.339 e. The molecule has 2 saturated carbocycles. The molecule has 2 N–H and O–H groups in total. The maximum absolute atomic E-state index is 12.9. The van der Waals surface area contributed by atoms with Crippen LogP contribution in [0.5, 0.6) is 0 Å². The van der Waals surface area contributed by atoms with Crippen molar-refractivity contribution in [3.63, 3.8) is 0 Å². The highest BCUT2D eigenvalue weighted by atomic mass is 16.2. The third kappa shape index (κ3) is 2.74. The summed E-state index contributed by atoms with van der Waals surface area (Å²) < 4.78 is 0. The molecule has 3 unspecified atom stereocenters. The molecule has 2 aliphatic carbocycles. The Morgan fingerprint density at radius 1 is 1.05 bits per heavy atom. The van der Waals surface area contributed by atoms with E-state index in [1.165, 1.54) is 38.5 Å². The quantitative estimate of drug-likeness (QED) is 0.801. The summed E-state index contributed by atoms with van der Waals surface area (Å²) in [5.41, 5.74) is 6.20. The normalized spacial score (nSPS) is 42.1. The molecule has 5 atom stereocenters. The average Bonchev–Trinajstić information content (AvgIpc) is 2.49. The summed E-state index contributed by atoms with van der Waals surface area (Å²) >= 11 is 0. The van der Waals surface area contributed by atoms with Crippen LogP contribution in [0.15, 0.2) is 0 Å². The van der Waals surface area contributed by atoms with E-state index < -0.39 is 0 Å². The van der Waals surface area contributed by atoms with Crippen molar-refractivity contribution in [3.8, 4) is 0 Å². The number of nitrogens with two attached hydrogens (primary N) is 1. The second kappa shape index (κ2) is 6.05. The third-order valence-corrected chi connectivity index (χ3v) is 6.13. The van der Waals surface area contributed by atoms with Crippen molar-refractivity contribution in [2.45, 2.75) is 76.8 Å². The summed E-state index contributed by atoms with van der Waals surface area (Å²) in [7, 11) is 0. The van der Waals surface area contributed by atoms with Gasteiger partial charge in [-0.05, 0) is 56.8 Å². The van der Waals surface area contributed by atoms with Crippen molar-refractivity contribution in [1.82, 2.24) is 4.90 Å². The minimum absolute atomic E-state index is 0.210. The lowest BCUT2D eigenvalue weighted by molar-refractivity contribution is -0.143. The number of hydrogen-bond acceptors (Lipinski definition) is 2. The highest BCUT2D eigenvalue weighted by molar-refractivity contribution is 5.79. The van der Waals surface area contributed by atoms with Gasteiger partial charge < -0.3 is 10.6 Å². The molecule has 1 saturated heterocycles. The first-order valence-electron chi connectivity index (χ1n) is 8.73. The van der Waals surface area contributed by atoms with Crippen molar-refractivity contribution in [2.75, 3.05) is 6.54 Å². The number of rotatable bonds is 1. The van der Waals surface area contributed by atoms with Gasteiger partial charge in [0.05, 0.1) is 0 Å². The first-order valence-corrected chi connectivity index (χ1v) is 8.73. The van der Waals surface area contributed by atoms with Gasteiger partial charge in [-0.2, -0.15) is 0 Å². The van der Waals surface area contributed by atoms with Crippen molar-refractivity contribution in [1.29, 1.82) is 0 Å². The van der Waals surface area contributed by atoms with Gasteiger partial charge in [0.1, 0.15) is 0 Å². The zero-order chi connectivity index (χ0) is 14.1. The third-order valence-electron chi connectivity index (χ3n) is 6.13. The highest BCUT2D eigenvalue weighted by Crippen LogP contribution is 2.37. The van der Waals surface area contributed by atoms with Crippen LogP contribution in [-0.4, -0.2) is 29.4 Å². The van der Waals surface area contributed by atoms with Crippen LogP contribution in [0.2, 0.25) is 0 Å². The fourth-order valence-corrected chi connectivity index (χ4v) is 4.71. The number of piperidine rings is 1. The van der Waals surface area contributed by atoms with E-state index in [4.69, 9.17) is 5.73 Å². The second-order valence-corrected chi connectivity index (χ2v) is 7.44. The van der Waals surface area contributed by atoms with Gasteiger partial charge in [0.25, 0.3) is 0 Å². The molecule has 3 heteroatoms. The molecular weight excluding hydrogens is 248 g/mol. The number of nitrogens with zero attached hydrogens (tertiary/aromatic N) is 1. The van der Waals surface area contributed by atoms with E-state index in [0.29, 0.717) is 17.9 Å². The van der Waals surface area contributed by atoms with Crippen molar-refractivity contribution in [2.24, 2.45) is 23.5 Å². The molecule has 3 nitrogen and oxygen atoms in total. The lowest BCUT2D eigenvalue weighted by atomic mass is 9.75. The molecule has 0 aromatic rings. The molecule has 0 aromatic heterocycles. The number of likely N-dealkylation sites (tertiary alicyclic amines) is 1. The summed E-state index contributed by atoms with van der Waals surface area (Å²) in [5.74, 6) is 2.02. The van der Waals surface area contributed by atoms with Gasteiger partial charge in [-0.15, -0.1) is 0 Å². The number of hydrogen-bond donors (Lipinski definition) is 1. The molecule has 0 radical (unpaired) electrons. The zero-order valence-corrected chi connectivity index (χ0v) is 12.9. The first-order chi connectivity index (χ1) is 9.66. The monoisotopic (exact) mass is 278 g/mol. The zero-order valence-electron chi connectivity index (χ0n) is 12.9. The minimum atomic E-state index is 0.210. The first kappa shape index (κ1) is 14.4. The van der Waals surface area contributed by atoms with Gasteiger partial charge in [0, 0.05) is 24.5 Å². The smallest absolute Gasteiger partial charge is 0.225 e. The van der Waals surface area contributed by atoms with Crippen molar-refractivity contribution < 1.29 is 4.79 Å². The maximum atomic E-state index is 12.9. The number of fused-ring (bicyclic) bond motifs is 1. The molecule has 3 aliphatic rings. The topological polar surface area (TPSA) is 46.3 Å². The van der Waals surface area contributed by atoms with Crippen LogP contribution in [0.1, 0.15) is 64.7 Å². The maximum Gasteiger partial charge on any atom is 0.225 e. The van der Waals surface area contributed by atoms with Crippen molar-refractivity contribution in [3.05, 3.63) is 0 Å². The molecule has 20 heavy (non-hydrogen) atoms. The Bertz CT molecular complexity index is 355. The molecule has 0 bridgehead atoms. The van der Waals surface area contributed by atoms with Gasteiger partial charge in [-0.3, -0.25) is 4.79 Å². The Labute approximate surface area is 123 Å². The fourth-order valence-electron chi connectivity index (χ4n) is 4.71. The van der Waals surface area contributed by atoms with E-state index in [0.717, 1.165) is 31.7 Å². The molecule has 1 aliphatic heterocycles. The van der Waals surface area contributed by atoms with Gasteiger partial charge in [0.2, 0.25) is 5.91 Å². The van der Waals surface area contributed by atoms with E-state index in [1.807, 2.05) is 0 Å². The van der Waals surface area contributed by atoms with Crippen LogP contribution in [-0.2, 0) is 4.79 Å². The Kier molecular flexibility index (Phi) is 4.34. The van der Waals surface area contributed by atoms with Gasteiger partial charge in [0.15, 0.2) is 0 Å². The van der Waals surface area contributed by atoms with Gasteiger partial charge >= 0.3 is 0 Å². The largest absolute Gasteiger partial charge is 0.339 e. The Hall–Kier alpha value is -0.570. The number of carbonyl (C=O) groups excluding carboxylic acids is 1. The molecule has 0 aromatic carbocycles. The highest BCUT2D eigenvalue weighted by Gasteiger charge is 2.39. The summed E-state index contributed by atoms with van der Waals surface area (Å²) in [6.45, 7) is 3.23. The molecule has 114 valence electrons. The predicted octanol–water partition coefficient (Wildman–Crippen LogP) is 2.93. The fraction of sp³-hybridized carbons (Fsp3) is 0.941. The van der Waals surface area contributed by atoms with E-state index in [2.05, 4.69) is 11.8 Å². The molecule has 1 heterocycles. The molecule has 3 fully saturated rings. The predicted molar refractivity (Wildman–Crippen MR) is 81.2 cm³/mol. The standard InChI is InChI=1S/C17H30N2O/c1-12-8-9-14(11-15(12)18)17(20)19-10-4-6-13-5-2-3-7-16(13)19/h12-16H,2-11,18H2,1H3/t12?,13-,14?,15?,16-/m1/s1. The van der Waals surface area contributed by atoms with Gasteiger partial charge in [-0.1, -0.05) is 19.8 Å². The number of amides is 1. The summed E-state index contributed by atoms with van der Waals surface area (Å²) in [4.78, 5) is 15.2. The average molecular weight is 278 g/mol. The Balaban J connectivity index is 1.66. The van der Waals surface area contributed by atoms with E-state index >= 15 is 0 Å². The summed E-state index contributed by atoms with van der Waals surface area (Å²) in [5, 5.41) is 0. The lowest BCUT2D eigenvalue weighted by Crippen LogP contribution is -2.53. The number of carbonyl (C=O) groups is 1. The molecule has 0 spiro atoms. The van der Waals surface area contributed by atoms with Crippen LogP contribution in [0.25, 0.3) is 0 Å².